The zero-order valence-electron chi connectivity index (χ0n) is 12.6. The van der Waals surface area contributed by atoms with Crippen LogP contribution in [-0.4, -0.2) is 39.7 Å². The van der Waals surface area contributed by atoms with Crippen molar-refractivity contribution in [3.8, 4) is 0 Å². The first kappa shape index (κ1) is 15.8. The molecule has 21 heavy (non-hydrogen) atoms. The van der Waals surface area contributed by atoms with Crippen LogP contribution in [0.1, 0.15) is 39.7 Å². The third kappa shape index (κ3) is 3.37. The second-order valence-corrected chi connectivity index (χ2v) is 5.99. The summed E-state index contributed by atoms with van der Waals surface area (Å²) in [6, 6.07) is -0.496. The Bertz CT molecular complexity index is 579. The van der Waals surface area contributed by atoms with E-state index in [-0.39, 0.29) is 22.5 Å². The first-order chi connectivity index (χ1) is 9.91. The minimum atomic E-state index is -0.434. The topological polar surface area (TPSA) is 67.2 Å². The summed E-state index contributed by atoms with van der Waals surface area (Å²) in [7, 11) is 0. The zero-order valence-corrected chi connectivity index (χ0v) is 13.4. The van der Waals surface area contributed by atoms with E-state index in [1.807, 2.05) is 18.7 Å². The van der Waals surface area contributed by atoms with Gasteiger partial charge in [-0.15, -0.1) is 0 Å². The Balaban J connectivity index is 2.14. The van der Waals surface area contributed by atoms with Crippen LogP contribution in [0.4, 0.5) is 5.69 Å². The average molecular weight is 313 g/mol. The fourth-order valence-electron chi connectivity index (χ4n) is 2.42. The lowest BCUT2D eigenvalue weighted by Crippen LogP contribution is -2.40. The van der Waals surface area contributed by atoms with Gasteiger partial charge in [-0.2, -0.15) is 5.10 Å². The van der Waals surface area contributed by atoms with Crippen molar-refractivity contribution in [1.29, 1.82) is 0 Å². The lowest BCUT2D eigenvalue weighted by atomic mass is 10.2. The van der Waals surface area contributed by atoms with E-state index in [9.17, 15) is 9.59 Å². The molecule has 1 fully saturated rings. The number of nitrogens with zero attached hydrogens (tertiary/aromatic N) is 3. The number of carbonyl (C=O) groups is 1. The van der Waals surface area contributed by atoms with Crippen molar-refractivity contribution in [1.82, 2.24) is 14.7 Å². The van der Waals surface area contributed by atoms with Crippen molar-refractivity contribution in [2.45, 2.75) is 45.7 Å². The van der Waals surface area contributed by atoms with Gasteiger partial charge >= 0.3 is 0 Å². The van der Waals surface area contributed by atoms with E-state index in [1.165, 1.54) is 10.9 Å². The van der Waals surface area contributed by atoms with Crippen molar-refractivity contribution >= 4 is 23.2 Å². The smallest absolute Gasteiger partial charge is 0.287 e. The number of nitrogens with one attached hydrogen (secondary N) is 1. The van der Waals surface area contributed by atoms with Crippen LogP contribution in [0.15, 0.2) is 11.0 Å². The number of halogens is 1. The molecule has 1 aliphatic rings. The number of rotatable bonds is 4. The Hall–Kier alpha value is -1.56. The highest BCUT2D eigenvalue weighted by Gasteiger charge is 2.24. The summed E-state index contributed by atoms with van der Waals surface area (Å²) in [5.74, 6) is 0.0246. The van der Waals surface area contributed by atoms with Gasteiger partial charge in [0.05, 0.1) is 17.9 Å². The summed E-state index contributed by atoms with van der Waals surface area (Å²) >= 11 is 6.09. The van der Waals surface area contributed by atoms with Gasteiger partial charge in [0.15, 0.2) is 0 Å². The van der Waals surface area contributed by atoms with Gasteiger partial charge in [-0.25, -0.2) is 4.68 Å². The number of hydrogen-bond donors (Lipinski definition) is 1. The predicted octanol–water partition coefficient (Wildman–Crippen LogP) is 1.90. The van der Waals surface area contributed by atoms with Gasteiger partial charge in [-0.1, -0.05) is 11.6 Å². The Morgan fingerprint density at radius 2 is 1.95 bits per heavy atom. The Labute approximate surface area is 129 Å². The van der Waals surface area contributed by atoms with Gasteiger partial charge in [0.2, 0.25) is 5.91 Å². The van der Waals surface area contributed by atoms with Crippen LogP contribution in [-0.2, 0) is 4.79 Å². The molecule has 1 aliphatic heterocycles. The Morgan fingerprint density at radius 1 is 1.33 bits per heavy atom. The van der Waals surface area contributed by atoms with E-state index in [1.54, 1.807) is 6.92 Å². The van der Waals surface area contributed by atoms with Crippen LogP contribution in [0.2, 0.25) is 5.02 Å². The predicted molar refractivity (Wildman–Crippen MR) is 82.8 cm³/mol. The van der Waals surface area contributed by atoms with Crippen LogP contribution in [0.25, 0.3) is 0 Å². The van der Waals surface area contributed by atoms with Crippen LogP contribution in [0.3, 0.4) is 0 Å². The standard InChI is InChI=1S/C14H21ClN4O2/c1-9(2)19-14(21)12(15)11(8-16-19)17-10(3)13(20)18-6-4-5-7-18/h8-10,17H,4-7H2,1-3H3. The van der Waals surface area contributed by atoms with Gasteiger partial charge in [0.25, 0.3) is 5.56 Å². The van der Waals surface area contributed by atoms with E-state index in [0.717, 1.165) is 25.9 Å². The number of aromatic nitrogens is 2. The molecule has 7 heteroatoms. The molecule has 116 valence electrons. The van der Waals surface area contributed by atoms with E-state index in [4.69, 9.17) is 11.6 Å². The molecule has 0 aliphatic carbocycles. The molecule has 1 aromatic rings. The van der Waals surface area contributed by atoms with Crippen molar-refractivity contribution < 1.29 is 4.79 Å². The molecule has 0 bridgehead atoms. The highest BCUT2D eigenvalue weighted by molar-refractivity contribution is 6.33. The van der Waals surface area contributed by atoms with Gasteiger partial charge in [0, 0.05) is 13.1 Å². The third-order valence-corrected chi connectivity index (χ3v) is 3.96. The zero-order chi connectivity index (χ0) is 15.6. The molecule has 0 spiro atoms. The fourth-order valence-corrected chi connectivity index (χ4v) is 2.61. The number of carbonyl (C=O) groups excluding carboxylic acids is 1. The number of amides is 1. The van der Waals surface area contributed by atoms with Crippen LogP contribution >= 0.6 is 11.6 Å². The Morgan fingerprint density at radius 3 is 2.52 bits per heavy atom. The van der Waals surface area contributed by atoms with Crippen molar-refractivity contribution in [3.05, 3.63) is 21.6 Å². The summed E-state index contributed by atoms with van der Waals surface area (Å²) in [6.07, 6.45) is 3.59. The van der Waals surface area contributed by atoms with E-state index in [2.05, 4.69) is 10.4 Å². The lowest BCUT2D eigenvalue weighted by molar-refractivity contribution is -0.130. The van der Waals surface area contributed by atoms with Crippen molar-refractivity contribution in [2.24, 2.45) is 0 Å². The highest BCUT2D eigenvalue weighted by atomic mass is 35.5. The maximum Gasteiger partial charge on any atom is 0.287 e. The SMILES string of the molecule is CC(Nc1cnn(C(C)C)c(=O)c1Cl)C(=O)N1CCCC1. The first-order valence-electron chi connectivity index (χ1n) is 7.24. The minimum absolute atomic E-state index is 0.0246. The molecule has 0 saturated carbocycles. The quantitative estimate of drug-likeness (QED) is 0.922. The summed E-state index contributed by atoms with van der Waals surface area (Å²) in [5.41, 5.74) is 0.0519. The van der Waals surface area contributed by atoms with Crippen LogP contribution in [0, 0.1) is 0 Å². The van der Waals surface area contributed by atoms with Gasteiger partial charge in [-0.3, -0.25) is 9.59 Å². The number of hydrogen-bond acceptors (Lipinski definition) is 4. The monoisotopic (exact) mass is 312 g/mol. The normalized spacial score (nSPS) is 16.3. The summed E-state index contributed by atoms with van der Waals surface area (Å²) in [5, 5.41) is 7.14. The lowest BCUT2D eigenvalue weighted by Gasteiger charge is -2.22. The van der Waals surface area contributed by atoms with Crippen LogP contribution in [0.5, 0.6) is 0 Å². The molecule has 2 heterocycles. The van der Waals surface area contributed by atoms with E-state index < -0.39 is 6.04 Å². The van der Waals surface area contributed by atoms with Gasteiger partial charge in [0.1, 0.15) is 11.1 Å². The molecule has 1 saturated heterocycles. The molecular formula is C14H21ClN4O2. The van der Waals surface area contributed by atoms with Gasteiger partial charge in [-0.05, 0) is 33.6 Å². The molecule has 0 radical (unpaired) electrons. The second-order valence-electron chi connectivity index (χ2n) is 5.61. The largest absolute Gasteiger partial charge is 0.371 e. The maximum atomic E-state index is 12.2. The molecule has 1 N–H and O–H groups in total. The number of anilines is 1. The van der Waals surface area contributed by atoms with E-state index in [0.29, 0.717) is 5.69 Å². The average Bonchev–Trinajstić information content (AvgIpc) is 2.96. The molecule has 1 unspecified atom stereocenters. The van der Waals surface area contributed by atoms with Crippen LogP contribution < -0.4 is 10.9 Å². The summed E-state index contributed by atoms with van der Waals surface area (Å²) < 4.78 is 1.32. The van der Waals surface area contributed by atoms with Crippen molar-refractivity contribution in [3.63, 3.8) is 0 Å². The van der Waals surface area contributed by atoms with Crippen molar-refractivity contribution in [2.75, 3.05) is 18.4 Å². The molecule has 2 rings (SSSR count). The molecule has 6 nitrogen and oxygen atoms in total. The molecule has 0 aromatic carbocycles. The van der Waals surface area contributed by atoms with Gasteiger partial charge < -0.3 is 10.2 Å². The minimum Gasteiger partial charge on any atom is -0.371 e. The fraction of sp³-hybridized carbons (Fsp3) is 0.643. The molecular weight excluding hydrogens is 292 g/mol. The molecule has 1 aromatic heterocycles. The molecule has 1 amide bonds. The second kappa shape index (κ2) is 6.47. The maximum absolute atomic E-state index is 12.2. The number of likely N-dealkylation sites (tertiary alicyclic amines) is 1. The summed E-state index contributed by atoms with van der Waals surface area (Å²) in [4.78, 5) is 26.1. The first-order valence-corrected chi connectivity index (χ1v) is 7.62. The third-order valence-electron chi connectivity index (χ3n) is 3.59. The highest BCUT2D eigenvalue weighted by Crippen LogP contribution is 2.18. The molecule has 1 atom stereocenters. The Kier molecular flexibility index (Phi) is 4.88. The summed E-state index contributed by atoms with van der Waals surface area (Å²) in [6.45, 7) is 7.08. The van der Waals surface area contributed by atoms with E-state index >= 15 is 0 Å².